The smallest absolute Gasteiger partial charge is 0.340 e. The van der Waals surface area contributed by atoms with Gasteiger partial charge < -0.3 is 9.42 Å². The van der Waals surface area contributed by atoms with Crippen LogP contribution in [0.25, 0.3) is 11.4 Å². The number of nitrogens with zero attached hydrogens (tertiary/aromatic N) is 4. The topological polar surface area (TPSA) is 62.5 Å². The van der Waals surface area contributed by atoms with Crippen LogP contribution in [0.3, 0.4) is 0 Å². The molecule has 0 saturated carbocycles. The highest BCUT2D eigenvalue weighted by Crippen LogP contribution is 2.31. The number of alkyl halides is 3. The van der Waals surface area contributed by atoms with Gasteiger partial charge in [-0.3, -0.25) is 9.69 Å². The molecule has 28 heavy (non-hydrogen) atoms. The third kappa shape index (κ3) is 4.70. The van der Waals surface area contributed by atoms with Gasteiger partial charge in [0.05, 0.1) is 12.1 Å². The molecule has 152 valence electrons. The van der Waals surface area contributed by atoms with Crippen LogP contribution in [0.4, 0.5) is 13.2 Å². The summed E-state index contributed by atoms with van der Waals surface area (Å²) in [6, 6.07) is 4.84. The maximum atomic E-state index is 12.9. The van der Waals surface area contributed by atoms with Gasteiger partial charge in [0.2, 0.25) is 17.6 Å². The first-order valence-corrected chi connectivity index (χ1v) is 9.06. The quantitative estimate of drug-likeness (QED) is 0.795. The normalized spacial score (nSPS) is 16.4. The molecule has 1 amide bonds. The number of hydrogen-bond donors (Lipinski definition) is 0. The molecule has 0 aliphatic carbocycles. The molecule has 6 nitrogen and oxygen atoms in total. The summed E-state index contributed by atoms with van der Waals surface area (Å²) in [5, 5.41) is 3.81. The van der Waals surface area contributed by atoms with Crippen LogP contribution in [0.15, 0.2) is 28.8 Å². The van der Waals surface area contributed by atoms with Crippen molar-refractivity contribution in [3.8, 4) is 11.4 Å². The number of halogens is 3. The van der Waals surface area contributed by atoms with E-state index in [9.17, 15) is 18.0 Å². The van der Waals surface area contributed by atoms with E-state index in [0.717, 1.165) is 12.1 Å². The molecule has 9 heteroatoms. The lowest BCUT2D eigenvalue weighted by Crippen LogP contribution is -2.51. The van der Waals surface area contributed by atoms with Crippen molar-refractivity contribution in [1.82, 2.24) is 19.9 Å². The van der Waals surface area contributed by atoms with E-state index in [-0.39, 0.29) is 17.3 Å². The zero-order valence-corrected chi connectivity index (χ0v) is 16.1. The highest BCUT2D eigenvalue weighted by atomic mass is 19.4. The van der Waals surface area contributed by atoms with Gasteiger partial charge in [0, 0.05) is 37.2 Å². The Hall–Kier alpha value is -2.42. The van der Waals surface area contributed by atoms with E-state index in [4.69, 9.17) is 4.52 Å². The van der Waals surface area contributed by atoms with E-state index >= 15 is 0 Å². The lowest BCUT2D eigenvalue weighted by Gasteiger charge is -2.37. The highest BCUT2D eigenvalue weighted by molar-refractivity contribution is 5.81. The van der Waals surface area contributed by atoms with Crippen LogP contribution < -0.4 is 0 Å². The molecule has 0 radical (unpaired) electrons. The fourth-order valence-electron chi connectivity index (χ4n) is 3.05. The number of carbonyl (C=O) groups excluding carboxylic acids is 1. The van der Waals surface area contributed by atoms with Gasteiger partial charge in [-0.25, -0.2) is 0 Å². The van der Waals surface area contributed by atoms with Gasteiger partial charge in [0.25, 0.3) is 0 Å². The van der Waals surface area contributed by atoms with E-state index in [1.54, 1.807) is 0 Å². The number of amides is 1. The minimum atomic E-state index is -4.42. The monoisotopic (exact) mass is 396 g/mol. The number of carbonyl (C=O) groups is 1. The van der Waals surface area contributed by atoms with Crippen LogP contribution in [0.5, 0.6) is 0 Å². The second-order valence-corrected chi connectivity index (χ2v) is 7.91. The summed E-state index contributed by atoms with van der Waals surface area (Å²) >= 11 is 0. The van der Waals surface area contributed by atoms with Gasteiger partial charge >= 0.3 is 6.18 Å². The maximum absolute atomic E-state index is 12.9. The average Bonchev–Trinajstić information content (AvgIpc) is 3.09. The summed E-state index contributed by atoms with van der Waals surface area (Å²) in [6.45, 7) is 8.66. The van der Waals surface area contributed by atoms with Crippen molar-refractivity contribution in [3.05, 3.63) is 35.7 Å². The Labute approximate surface area is 161 Å². The van der Waals surface area contributed by atoms with E-state index in [0.29, 0.717) is 38.6 Å². The molecule has 0 atom stereocenters. The zero-order valence-electron chi connectivity index (χ0n) is 16.1. The van der Waals surface area contributed by atoms with Crippen molar-refractivity contribution in [2.24, 2.45) is 5.41 Å². The molecule has 1 aliphatic heterocycles. The van der Waals surface area contributed by atoms with Crippen LogP contribution in [0.1, 0.15) is 32.2 Å². The van der Waals surface area contributed by atoms with Crippen LogP contribution in [-0.4, -0.2) is 52.0 Å². The molecule has 0 unspecified atom stereocenters. The fourth-order valence-corrected chi connectivity index (χ4v) is 3.05. The molecule has 2 heterocycles. The number of hydrogen-bond acceptors (Lipinski definition) is 5. The van der Waals surface area contributed by atoms with E-state index < -0.39 is 17.2 Å². The van der Waals surface area contributed by atoms with Crippen LogP contribution >= 0.6 is 0 Å². The van der Waals surface area contributed by atoms with Crippen LogP contribution in [-0.2, 0) is 17.5 Å². The van der Waals surface area contributed by atoms with Gasteiger partial charge in [-0.05, 0) is 12.1 Å². The summed E-state index contributed by atoms with van der Waals surface area (Å²) in [4.78, 5) is 20.5. The third-order valence-electron chi connectivity index (χ3n) is 4.58. The van der Waals surface area contributed by atoms with Crippen LogP contribution in [0.2, 0.25) is 0 Å². The third-order valence-corrected chi connectivity index (χ3v) is 4.58. The largest absolute Gasteiger partial charge is 0.416 e. The number of piperazine rings is 1. The van der Waals surface area contributed by atoms with Gasteiger partial charge in [-0.1, -0.05) is 38.1 Å². The minimum Gasteiger partial charge on any atom is -0.340 e. The van der Waals surface area contributed by atoms with Crippen molar-refractivity contribution >= 4 is 5.91 Å². The van der Waals surface area contributed by atoms with Crippen molar-refractivity contribution in [1.29, 1.82) is 0 Å². The Kier molecular flexibility index (Phi) is 5.47. The molecule has 1 saturated heterocycles. The van der Waals surface area contributed by atoms with Gasteiger partial charge in [0.15, 0.2) is 0 Å². The van der Waals surface area contributed by atoms with Gasteiger partial charge in [-0.2, -0.15) is 18.2 Å². The Morgan fingerprint density at radius 1 is 1.14 bits per heavy atom. The SMILES string of the molecule is CC(C)(C)C(=O)N1CCN(Cc2nc(-c3cccc(C(F)(F)F)c3)no2)CC1. The van der Waals surface area contributed by atoms with Gasteiger partial charge in [0.1, 0.15) is 0 Å². The van der Waals surface area contributed by atoms with E-state index in [1.165, 1.54) is 12.1 Å². The van der Waals surface area contributed by atoms with E-state index in [2.05, 4.69) is 15.0 Å². The number of aromatic nitrogens is 2. The van der Waals surface area contributed by atoms with Crippen molar-refractivity contribution < 1.29 is 22.5 Å². The summed E-state index contributed by atoms with van der Waals surface area (Å²) in [5.74, 6) is 0.586. The van der Waals surface area contributed by atoms with Crippen LogP contribution in [0, 0.1) is 5.41 Å². The Morgan fingerprint density at radius 3 is 2.43 bits per heavy atom. The number of rotatable bonds is 3. The van der Waals surface area contributed by atoms with Crippen molar-refractivity contribution in [2.45, 2.75) is 33.5 Å². The molecule has 1 aliphatic rings. The lowest BCUT2D eigenvalue weighted by molar-refractivity contribution is -0.141. The fraction of sp³-hybridized carbons (Fsp3) is 0.526. The second kappa shape index (κ2) is 7.54. The molecule has 1 aromatic heterocycles. The lowest BCUT2D eigenvalue weighted by atomic mass is 9.94. The molecule has 0 bridgehead atoms. The molecule has 3 rings (SSSR count). The Balaban J connectivity index is 1.61. The average molecular weight is 396 g/mol. The Bertz CT molecular complexity index is 834. The molecule has 2 aromatic rings. The highest BCUT2D eigenvalue weighted by Gasteiger charge is 2.31. The zero-order chi connectivity index (χ0) is 20.5. The summed E-state index contributed by atoms with van der Waals surface area (Å²) in [5.41, 5.74) is -0.907. The first kappa shape index (κ1) is 20.3. The van der Waals surface area contributed by atoms with Gasteiger partial charge in [-0.15, -0.1) is 0 Å². The second-order valence-electron chi connectivity index (χ2n) is 7.91. The molecular weight excluding hydrogens is 373 g/mol. The molecule has 0 N–H and O–H groups in total. The summed E-state index contributed by atoms with van der Waals surface area (Å²) in [6.07, 6.45) is -4.42. The standard InChI is InChI=1S/C19H23F3N4O2/c1-18(2,3)17(27)26-9-7-25(8-10-26)12-15-23-16(24-28-15)13-5-4-6-14(11-13)19(20,21)22/h4-6,11H,7-10,12H2,1-3H3. The predicted molar refractivity (Wildman–Crippen MR) is 96.0 cm³/mol. The molecule has 1 aromatic carbocycles. The maximum Gasteiger partial charge on any atom is 0.416 e. The molecule has 0 spiro atoms. The van der Waals surface area contributed by atoms with Crippen molar-refractivity contribution in [3.63, 3.8) is 0 Å². The molecule has 1 fully saturated rings. The first-order chi connectivity index (χ1) is 13.0. The molecular formula is C19H23F3N4O2. The summed E-state index contributed by atoms with van der Waals surface area (Å²) in [7, 11) is 0. The van der Waals surface area contributed by atoms with Crippen molar-refractivity contribution in [2.75, 3.05) is 26.2 Å². The summed E-state index contributed by atoms with van der Waals surface area (Å²) < 4.78 is 43.8. The minimum absolute atomic E-state index is 0.122. The Morgan fingerprint density at radius 2 is 1.82 bits per heavy atom. The first-order valence-electron chi connectivity index (χ1n) is 9.06. The predicted octanol–water partition coefficient (Wildman–Crippen LogP) is 3.45. The van der Waals surface area contributed by atoms with E-state index in [1.807, 2.05) is 25.7 Å². The number of benzene rings is 1.